The Morgan fingerprint density at radius 2 is 1.79 bits per heavy atom. The summed E-state index contributed by atoms with van der Waals surface area (Å²) in [6.45, 7) is 0. The summed E-state index contributed by atoms with van der Waals surface area (Å²) in [6, 6.07) is 0. The van der Waals surface area contributed by atoms with Crippen molar-refractivity contribution in [3.05, 3.63) is 34.7 Å². The molecule has 0 aromatic heterocycles. The normalized spacial score (nSPS) is 27.2. The van der Waals surface area contributed by atoms with Crippen LogP contribution in [-0.2, 0) is 14.3 Å². The Kier molecular flexibility index (Phi) is 4.51. The molecular formula is C13H13AsO5. The topological polar surface area (TPSA) is 83.8 Å². The van der Waals surface area contributed by atoms with E-state index in [9.17, 15) is 9.59 Å². The van der Waals surface area contributed by atoms with Gasteiger partial charge in [0.15, 0.2) is 0 Å². The van der Waals surface area contributed by atoms with Crippen LogP contribution in [-0.4, -0.2) is 54.0 Å². The molecule has 2 N–H and O–H groups in total. The van der Waals surface area contributed by atoms with Crippen molar-refractivity contribution in [2.75, 3.05) is 0 Å². The molecule has 3 aliphatic rings. The molecule has 2 unspecified atom stereocenters. The average molecular weight is 324 g/mol. The van der Waals surface area contributed by atoms with E-state index in [1.54, 1.807) is 10.9 Å². The quantitative estimate of drug-likeness (QED) is 0.574. The Bertz CT molecular complexity index is 471. The van der Waals surface area contributed by atoms with Crippen molar-refractivity contribution in [2.45, 2.75) is 25.0 Å². The predicted octanol–water partition coefficient (Wildman–Crippen LogP) is 0.590. The molecule has 3 aliphatic heterocycles. The van der Waals surface area contributed by atoms with E-state index in [2.05, 4.69) is 12.2 Å². The maximum absolute atomic E-state index is 10.5. The molecule has 2 bridgehead atoms. The van der Waals surface area contributed by atoms with Crippen molar-refractivity contribution in [1.82, 2.24) is 0 Å². The zero-order valence-corrected chi connectivity index (χ0v) is 11.9. The molecule has 6 heteroatoms. The second kappa shape index (κ2) is 6.13. The minimum absolute atomic E-state index is 0.0289. The van der Waals surface area contributed by atoms with Crippen molar-refractivity contribution < 1.29 is 24.5 Å². The fourth-order valence-corrected chi connectivity index (χ4v) is 3.52. The van der Waals surface area contributed by atoms with Crippen LogP contribution in [0.4, 0.5) is 0 Å². The molecular weight excluding hydrogens is 311 g/mol. The monoisotopic (exact) mass is 324 g/mol. The van der Waals surface area contributed by atoms with Gasteiger partial charge in [-0.15, -0.1) is 0 Å². The number of carboxylic acid groups (broad SMARTS) is 2. The Hall–Kier alpha value is -1.45. The average Bonchev–Trinajstić information content (AvgIpc) is 3.04. The van der Waals surface area contributed by atoms with E-state index in [4.69, 9.17) is 14.9 Å². The van der Waals surface area contributed by atoms with Gasteiger partial charge >= 0.3 is 73.9 Å². The Labute approximate surface area is 116 Å². The second-order valence-electron chi connectivity index (χ2n) is 4.19. The number of aliphatic carboxylic acids is 2. The fraction of sp³-hybridized carbons (Fsp3) is 0.308. The van der Waals surface area contributed by atoms with Crippen LogP contribution in [0.3, 0.4) is 0 Å². The van der Waals surface area contributed by atoms with Crippen LogP contribution < -0.4 is 0 Å². The molecule has 0 aromatic rings. The molecule has 3 rings (SSSR count). The number of hydrogen-bond acceptors (Lipinski definition) is 3. The summed E-state index contributed by atoms with van der Waals surface area (Å²) in [7, 11) is 0. The number of fused-ring (bicyclic) bond motifs is 2. The molecule has 0 radical (unpaired) electrons. The zero-order valence-electron chi connectivity index (χ0n) is 10.0. The van der Waals surface area contributed by atoms with Crippen LogP contribution in [0.2, 0.25) is 0 Å². The predicted molar refractivity (Wildman–Crippen MR) is 70.3 cm³/mol. The number of rotatable bonds is 2. The van der Waals surface area contributed by atoms with Gasteiger partial charge in [-0.1, -0.05) is 12.2 Å². The summed E-state index contributed by atoms with van der Waals surface area (Å²) in [5.74, 6) is -2.31. The SMILES string of the molecule is C1=CC2CCC1O2.O=C(O)C1=CC=C[As]=C1C(=O)O. The third kappa shape index (κ3) is 3.52. The van der Waals surface area contributed by atoms with Crippen LogP contribution in [0.5, 0.6) is 0 Å². The molecule has 0 amide bonds. The zero-order chi connectivity index (χ0) is 13.8. The van der Waals surface area contributed by atoms with Crippen LogP contribution in [0.1, 0.15) is 12.8 Å². The van der Waals surface area contributed by atoms with Gasteiger partial charge in [-0.25, -0.2) is 0 Å². The number of ether oxygens (including phenoxy) is 1. The van der Waals surface area contributed by atoms with Crippen molar-refractivity contribution >= 4 is 31.6 Å². The van der Waals surface area contributed by atoms with Gasteiger partial charge in [0.05, 0.1) is 12.2 Å². The summed E-state index contributed by atoms with van der Waals surface area (Å²) in [6.07, 6.45) is 10.7. The van der Waals surface area contributed by atoms with Gasteiger partial charge in [0.2, 0.25) is 0 Å². The van der Waals surface area contributed by atoms with Gasteiger partial charge in [-0.3, -0.25) is 0 Å². The summed E-state index contributed by atoms with van der Waals surface area (Å²) < 4.78 is 5.39. The molecule has 0 aliphatic carbocycles. The Morgan fingerprint density at radius 3 is 2.11 bits per heavy atom. The molecule has 1 saturated heterocycles. The van der Waals surface area contributed by atoms with E-state index in [0.29, 0.717) is 12.2 Å². The molecule has 100 valence electrons. The molecule has 0 spiro atoms. The molecule has 2 atom stereocenters. The maximum atomic E-state index is 10.5. The summed E-state index contributed by atoms with van der Waals surface area (Å²) in [5.41, 5.74) is -0.0926. The first-order valence-corrected chi connectivity index (χ1v) is 7.85. The molecule has 3 heterocycles. The third-order valence-electron chi connectivity index (χ3n) is 2.87. The molecule has 1 fully saturated rings. The number of carboxylic acids is 2. The summed E-state index contributed by atoms with van der Waals surface area (Å²) >= 11 is -0.637. The number of hydrogen-bond donors (Lipinski definition) is 2. The first kappa shape index (κ1) is 14.0. The first-order chi connectivity index (χ1) is 9.08. The van der Waals surface area contributed by atoms with E-state index in [0.717, 1.165) is 0 Å². The summed E-state index contributed by atoms with van der Waals surface area (Å²) in [5, 5.41) is 17.2. The van der Waals surface area contributed by atoms with Crippen LogP contribution >= 0.6 is 0 Å². The molecule has 5 nitrogen and oxygen atoms in total. The Balaban J connectivity index is 0.000000159. The number of allylic oxidation sites excluding steroid dienone is 2. The van der Waals surface area contributed by atoms with E-state index in [1.807, 2.05) is 0 Å². The molecule has 19 heavy (non-hydrogen) atoms. The first-order valence-electron chi connectivity index (χ1n) is 5.83. The standard InChI is InChI=1S/C7H5AsO4.C6H8O/c9-6(10)4-2-1-3-8-5(4)7(11)12;1-2-6-4-3-5(1)7-6/h1-3H,(H,9,10)(H,11,12);1-2,5-6H,3-4H2. The van der Waals surface area contributed by atoms with Gasteiger partial charge in [-0.05, 0) is 12.8 Å². The Morgan fingerprint density at radius 1 is 1.16 bits per heavy atom. The van der Waals surface area contributed by atoms with E-state index in [-0.39, 0.29) is 9.88 Å². The summed E-state index contributed by atoms with van der Waals surface area (Å²) in [4.78, 5) is 22.7. The van der Waals surface area contributed by atoms with E-state index < -0.39 is 27.2 Å². The van der Waals surface area contributed by atoms with Gasteiger partial charge < -0.3 is 4.74 Å². The van der Waals surface area contributed by atoms with Crippen LogP contribution in [0.25, 0.3) is 0 Å². The third-order valence-corrected chi connectivity index (χ3v) is 4.99. The van der Waals surface area contributed by atoms with Gasteiger partial charge in [0.25, 0.3) is 0 Å². The van der Waals surface area contributed by atoms with Crippen LogP contribution in [0, 0.1) is 0 Å². The van der Waals surface area contributed by atoms with Crippen molar-refractivity contribution in [1.29, 1.82) is 0 Å². The second-order valence-corrected chi connectivity index (χ2v) is 6.29. The van der Waals surface area contributed by atoms with Gasteiger partial charge in [-0.2, -0.15) is 0 Å². The van der Waals surface area contributed by atoms with E-state index in [1.165, 1.54) is 18.9 Å². The number of carbonyl (C=O) groups is 2. The van der Waals surface area contributed by atoms with Gasteiger partial charge in [0.1, 0.15) is 0 Å². The molecule has 0 aromatic carbocycles. The van der Waals surface area contributed by atoms with E-state index >= 15 is 0 Å². The van der Waals surface area contributed by atoms with Crippen molar-refractivity contribution in [3.8, 4) is 0 Å². The van der Waals surface area contributed by atoms with Crippen molar-refractivity contribution in [3.63, 3.8) is 0 Å². The fourth-order valence-electron chi connectivity index (χ4n) is 1.97. The van der Waals surface area contributed by atoms with Crippen molar-refractivity contribution in [2.24, 2.45) is 0 Å². The van der Waals surface area contributed by atoms with Crippen LogP contribution in [0.15, 0.2) is 34.7 Å². The minimum atomic E-state index is -1.17. The van der Waals surface area contributed by atoms with Gasteiger partial charge in [0, 0.05) is 0 Å². The molecule has 0 saturated carbocycles.